The van der Waals surface area contributed by atoms with Crippen molar-refractivity contribution in [2.45, 2.75) is 44.8 Å². The van der Waals surface area contributed by atoms with Gasteiger partial charge >= 0.3 is 0 Å². The van der Waals surface area contributed by atoms with E-state index in [1.165, 1.54) is 18.6 Å². The normalized spacial score (nSPS) is 24.1. The zero-order valence-corrected chi connectivity index (χ0v) is 11.3. The lowest BCUT2D eigenvalue weighted by Crippen LogP contribution is -2.48. The third-order valence-corrected chi connectivity index (χ3v) is 3.99. The molecule has 1 saturated heterocycles. The topological polar surface area (TPSA) is 53.0 Å². The molecule has 0 amide bonds. The first-order valence-electron chi connectivity index (χ1n) is 6.80. The van der Waals surface area contributed by atoms with Gasteiger partial charge in [-0.25, -0.2) is 4.39 Å². The second kappa shape index (κ2) is 6.14. The predicted octanol–water partition coefficient (Wildman–Crippen LogP) is 2.40. The number of nitrogens with zero attached hydrogens (tertiary/aromatic N) is 2. The van der Waals surface area contributed by atoms with Gasteiger partial charge in [0.1, 0.15) is 5.82 Å². The third kappa shape index (κ3) is 3.12. The molecule has 0 radical (unpaired) electrons. The second-order valence-corrected chi connectivity index (χ2v) is 5.26. The fraction of sp³-hybridized carbons (Fsp3) is 0.533. The van der Waals surface area contributed by atoms with E-state index in [1.54, 1.807) is 6.07 Å². The quantitative estimate of drug-likeness (QED) is 0.909. The molecular weight excluding hydrogens is 241 g/mol. The van der Waals surface area contributed by atoms with Crippen LogP contribution in [0.2, 0.25) is 0 Å². The van der Waals surface area contributed by atoms with E-state index >= 15 is 0 Å². The van der Waals surface area contributed by atoms with Crippen molar-refractivity contribution >= 4 is 0 Å². The van der Waals surface area contributed by atoms with Crippen molar-refractivity contribution in [2.75, 3.05) is 6.54 Å². The Labute approximate surface area is 113 Å². The molecule has 1 aromatic carbocycles. The summed E-state index contributed by atoms with van der Waals surface area (Å²) in [6, 6.07) is 7.31. The van der Waals surface area contributed by atoms with E-state index in [0.29, 0.717) is 36.3 Å². The number of likely N-dealkylation sites (tertiary alicyclic amines) is 1. The van der Waals surface area contributed by atoms with Gasteiger partial charge in [0.15, 0.2) is 0 Å². The largest absolute Gasteiger partial charge is 0.329 e. The van der Waals surface area contributed by atoms with Crippen molar-refractivity contribution in [3.63, 3.8) is 0 Å². The van der Waals surface area contributed by atoms with Crippen LogP contribution in [0.15, 0.2) is 18.2 Å². The molecule has 19 heavy (non-hydrogen) atoms. The molecular formula is C15H20FN3. The number of hydrogen-bond acceptors (Lipinski definition) is 3. The summed E-state index contributed by atoms with van der Waals surface area (Å²) in [5.74, 6) is -0.243. The van der Waals surface area contributed by atoms with Crippen LogP contribution in [0.1, 0.15) is 37.3 Å². The van der Waals surface area contributed by atoms with Crippen molar-refractivity contribution in [3.05, 3.63) is 35.1 Å². The van der Waals surface area contributed by atoms with Crippen molar-refractivity contribution < 1.29 is 4.39 Å². The van der Waals surface area contributed by atoms with Crippen LogP contribution in [0, 0.1) is 17.1 Å². The first-order valence-corrected chi connectivity index (χ1v) is 6.80. The van der Waals surface area contributed by atoms with Gasteiger partial charge in [-0.1, -0.05) is 6.42 Å². The summed E-state index contributed by atoms with van der Waals surface area (Å²) >= 11 is 0. The molecule has 3 nitrogen and oxygen atoms in total. The Balaban J connectivity index is 2.21. The summed E-state index contributed by atoms with van der Waals surface area (Å²) in [7, 11) is 0. The Morgan fingerprint density at radius 2 is 2.26 bits per heavy atom. The van der Waals surface area contributed by atoms with Crippen molar-refractivity contribution in [2.24, 2.45) is 5.73 Å². The number of nitrogens with two attached hydrogens (primary N) is 1. The third-order valence-electron chi connectivity index (χ3n) is 3.99. The summed E-state index contributed by atoms with van der Waals surface area (Å²) < 4.78 is 13.9. The average molecular weight is 261 g/mol. The predicted molar refractivity (Wildman–Crippen MR) is 72.8 cm³/mol. The number of rotatable bonds is 3. The van der Waals surface area contributed by atoms with E-state index in [0.717, 1.165) is 12.8 Å². The lowest BCUT2D eigenvalue weighted by atomic mass is 9.95. The van der Waals surface area contributed by atoms with Crippen molar-refractivity contribution in [1.29, 1.82) is 5.26 Å². The molecule has 1 aromatic rings. The molecule has 0 spiro atoms. The maximum atomic E-state index is 13.9. The zero-order valence-electron chi connectivity index (χ0n) is 11.3. The smallest absolute Gasteiger partial charge is 0.127 e. The standard InChI is InChI=1S/C15H20FN3/c1-11-3-2-4-14(9-18)19(11)10-13-7-12(8-17)5-6-15(13)16/h5-7,11,14H,2-4,9-10,18H2,1H3. The van der Waals surface area contributed by atoms with Gasteiger partial charge in [0.25, 0.3) is 0 Å². The molecule has 4 heteroatoms. The highest BCUT2D eigenvalue weighted by atomic mass is 19.1. The van der Waals surface area contributed by atoms with Crippen LogP contribution in [0.4, 0.5) is 4.39 Å². The van der Waals surface area contributed by atoms with Gasteiger partial charge in [0.05, 0.1) is 11.6 Å². The number of halogens is 1. The minimum absolute atomic E-state index is 0.243. The SMILES string of the molecule is CC1CCCC(CN)N1Cc1cc(C#N)ccc1F. The molecule has 0 saturated carbocycles. The van der Waals surface area contributed by atoms with Gasteiger partial charge in [-0.3, -0.25) is 4.90 Å². The van der Waals surface area contributed by atoms with Crippen LogP contribution < -0.4 is 5.73 Å². The Bertz CT molecular complexity index is 481. The second-order valence-electron chi connectivity index (χ2n) is 5.26. The van der Waals surface area contributed by atoms with Crippen molar-refractivity contribution in [3.8, 4) is 6.07 Å². The van der Waals surface area contributed by atoms with Gasteiger partial charge in [0, 0.05) is 30.7 Å². The van der Waals surface area contributed by atoms with Crippen LogP contribution >= 0.6 is 0 Å². The molecule has 1 heterocycles. The molecule has 102 valence electrons. The van der Waals surface area contributed by atoms with Crippen molar-refractivity contribution in [1.82, 2.24) is 4.90 Å². The van der Waals surface area contributed by atoms with E-state index in [1.807, 2.05) is 0 Å². The Morgan fingerprint density at radius 3 is 2.95 bits per heavy atom. The van der Waals surface area contributed by atoms with Crippen LogP contribution in [-0.2, 0) is 6.54 Å². The molecule has 0 aliphatic carbocycles. The Kier molecular flexibility index (Phi) is 4.52. The monoisotopic (exact) mass is 261 g/mol. The first kappa shape index (κ1) is 14.0. The molecule has 1 fully saturated rings. The van der Waals surface area contributed by atoms with Crippen LogP contribution in [0.3, 0.4) is 0 Å². The zero-order chi connectivity index (χ0) is 13.8. The molecule has 0 bridgehead atoms. The summed E-state index contributed by atoms with van der Waals surface area (Å²) in [5, 5.41) is 8.90. The molecule has 2 unspecified atom stereocenters. The fourth-order valence-corrected chi connectivity index (χ4v) is 2.84. The number of piperidine rings is 1. The Morgan fingerprint density at radius 1 is 1.47 bits per heavy atom. The maximum absolute atomic E-state index is 13.9. The summed E-state index contributed by atoms with van der Waals surface area (Å²) in [6.45, 7) is 3.29. The van der Waals surface area contributed by atoms with Gasteiger partial charge in [-0.05, 0) is 38.0 Å². The van der Waals surface area contributed by atoms with Gasteiger partial charge in [-0.2, -0.15) is 5.26 Å². The van der Waals surface area contributed by atoms with Crippen LogP contribution in [-0.4, -0.2) is 23.5 Å². The van der Waals surface area contributed by atoms with E-state index in [2.05, 4.69) is 17.9 Å². The number of nitriles is 1. The highest BCUT2D eigenvalue weighted by Gasteiger charge is 2.27. The molecule has 2 rings (SSSR count). The van der Waals surface area contributed by atoms with E-state index in [-0.39, 0.29) is 5.82 Å². The van der Waals surface area contributed by atoms with Crippen LogP contribution in [0.5, 0.6) is 0 Å². The lowest BCUT2D eigenvalue weighted by Gasteiger charge is -2.40. The van der Waals surface area contributed by atoms with Crippen LogP contribution in [0.25, 0.3) is 0 Å². The lowest BCUT2D eigenvalue weighted by molar-refractivity contribution is 0.0880. The highest BCUT2D eigenvalue weighted by Crippen LogP contribution is 2.25. The minimum Gasteiger partial charge on any atom is -0.329 e. The van der Waals surface area contributed by atoms with E-state index in [9.17, 15) is 4.39 Å². The Hall–Kier alpha value is -1.44. The molecule has 2 N–H and O–H groups in total. The summed E-state index contributed by atoms with van der Waals surface area (Å²) in [5.41, 5.74) is 6.91. The minimum atomic E-state index is -0.243. The fourth-order valence-electron chi connectivity index (χ4n) is 2.84. The molecule has 2 atom stereocenters. The summed E-state index contributed by atoms with van der Waals surface area (Å²) in [4.78, 5) is 2.27. The van der Waals surface area contributed by atoms with Gasteiger partial charge in [0.2, 0.25) is 0 Å². The summed E-state index contributed by atoms with van der Waals surface area (Å²) in [6.07, 6.45) is 3.37. The van der Waals surface area contributed by atoms with Gasteiger partial charge in [-0.15, -0.1) is 0 Å². The highest BCUT2D eigenvalue weighted by molar-refractivity contribution is 5.33. The van der Waals surface area contributed by atoms with Gasteiger partial charge < -0.3 is 5.73 Å². The average Bonchev–Trinajstić information content (AvgIpc) is 2.43. The first-order chi connectivity index (χ1) is 9.15. The number of hydrogen-bond donors (Lipinski definition) is 1. The van der Waals surface area contributed by atoms with E-state index < -0.39 is 0 Å². The molecule has 0 aromatic heterocycles. The molecule has 1 aliphatic heterocycles. The molecule has 1 aliphatic rings. The van der Waals surface area contributed by atoms with E-state index in [4.69, 9.17) is 11.0 Å². The number of benzene rings is 1. The maximum Gasteiger partial charge on any atom is 0.127 e.